The number of aromatic hydroxyl groups is 1. The Hall–Kier alpha value is -2.32. The van der Waals surface area contributed by atoms with Crippen LogP contribution in [0.2, 0.25) is 0 Å². The van der Waals surface area contributed by atoms with Crippen LogP contribution >= 0.6 is 0 Å². The van der Waals surface area contributed by atoms with Crippen LogP contribution in [0.25, 0.3) is 0 Å². The Labute approximate surface area is 139 Å². The minimum atomic E-state index is -1.42. The standard InChI is InChI=1S/C16H23NO7/c1-16(2,3)24-15(23)17-7-6-11(18)13(20)10-5-4-9(14(21)22)8-12(10)19/h4-5,8,11,13,18-20H,6-7H2,1-3H3,(H,17,23)(H,21,22). The van der Waals surface area contributed by atoms with Crippen LogP contribution in [0, 0.1) is 0 Å². The van der Waals surface area contributed by atoms with Crippen LogP contribution in [0.3, 0.4) is 0 Å². The third kappa shape index (κ3) is 6.05. The molecule has 0 aliphatic rings. The maximum absolute atomic E-state index is 11.5. The Morgan fingerprint density at radius 2 is 1.88 bits per heavy atom. The summed E-state index contributed by atoms with van der Waals surface area (Å²) in [6, 6.07) is 3.44. The Bertz CT molecular complexity index is 595. The number of benzene rings is 1. The summed E-state index contributed by atoms with van der Waals surface area (Å²) in [5, 5.41) is 41.0. The molecular weight excluding hydrogens is 318 g/mol. The number of ether oxygens (including phenoxy) is 1. The second kappa shape index (κ2) is 7.98. The topological polar surface area (TPSA) is 136 Å². The third-order valence-electron chi connectivity index (χ3n) is 3.07. The lowest BCUT2D eigenvalue weighted by Crippen LogP contribution is -2.34. The van der Waals surface area contributed by atoms with Gasteiger partial charge in [-0.1, -0.05) is 6.07 Å². The van der Waals surface area contributed by atoms with Crippen LogP contribution in [-0.2, 0) is 4.74 Å². The van der Waals surface area contributed by atoms with Gasteiger partial charge in [0.25, 0.3) is 0 Å². The fourth-order valence-corrected chi connectivity index (χ4v) is 1.93. The van der Waals surface area contributed by atoms with E-state index in [-0.39, 0.29) is 24.1 Å². The summed E-state index contributed by atoms with van der Waals surface area (Å²) in [6.45, 7) is 5.21. The van der Waals surface area contributed by atoms with E-state index in [1.807, 2.05) is 0 Å². The van der Waals surface area contributed by atoms with E-state index in [0.717, 1.165) is 6.07 Å². The number of phenolic OH excluding ortho intramolecular Hbond substituents is 1. The van der Waals surface area contributed by atoms with Crippen LogP contribution in [0.5, 0.6) is 5.75 Å². The van der Waals surface area contributed by atoms with Crippen LogP contribution in [0.1, 0.15) is 49.2 Å². The summed E-state index contributed by atoms with van der Waals surface area (Å²) in [4.78, 5) is 22.3. The quantitative estimate of drug-likeness (QED) is 0.527. The number of aliphatic hydroxyl groups is 2. The number of phenols is 1. The molecule has 2 unspecified atom stereocenters. The van der Waals surface area contributed by atoms with Crippen LogP contribution in [-0.4, -0.2) is 50.7 Å². The van der Waals surface area contributed by atoms with Gasteiger partial charge in [0.1, 0.15) is 17.5 Å². The number of aromatic carboxylic acids is 1. The average molecular weight is 341 g/mol. The summed E-state index contributed by atoms with van der Waals surface area (Å²) >= 11 is 0. The smallest absolute Gasteiger partial charge is 0.407 e. The highest BCUT2D eigenvalue weighted by molar-refractivity contribution is 5.88. The van der Waals surface area contributed by atoms with Gasteiger partial charge in [-0.3, -0.25) is 0 Å². The molecule has 1 rings (SSSR count). The molecule has 0 aromatic heterocycles. The number of aliphatic hydroxyl groups excluding tert-OH is 2. The molecule has 1 aromatic rings. The predicted molar refractivity (Wildman–Crippen MR) is 84.9 cm³/mol. The van der Waals surface area contributed by atoms with Gasteiger partial charge < -0.3 is 30.5 Å². The van der Waals surface area contributed by atoms with Gasteiger partial charge in [-0.2, -0.15) is 0 Å². The van der Waals surface area contributed by atoms with Gasteiger partial charge in [-0.25, -0.2) is 9.59 Å². The highest BCUT2D eigenvalue weighted by atomic mass is 16.6. The fourth-order valence-electron chi connectivity index (χ4n) is 1.93. The lowest BCUT2D eigenvalue weighted by Gasteiger charge is -2.21. The molecule has 0 saturated carbocycles. The zero-order chi connectivity index (χ0) is 18.5. The summed E-state index contributed by atoms with van der Waals surface area (Å²) in [6.07, 6.45) is -3.31. The van der Waals surface area contributed by atoms with E-state index in [1.54, 1.807) is 20.8 Å². The van der Waals surface area contributed by atoms with Crippen molar-refractivity contribution >= 4 is 12.1 Å². The largest absolute Gasteiger partial charge is 0.508 e. The predicted octanol–water partition coefficient (Wildman–Crippen LogP) is 1.40. The minimum Gasteiger partial charge on any atom is -0.508 e. The van der Waals surface area contributed by atoms with E-state index >= 15 is 0 Å². The first-order valence-electron chi connectivity index (χ1n) is 7.40. The monoisotopic (exact) mass is 341 g/mol. The molecule has 0 bridgehead atoms. The van der Waals surface area contributed by atoms with Gasteiger partial charge in [0.05, 0.1) is 11.7 Å². The number of rotatable bonds is 6. The maximum atomic E-state index is 11.5. The molecule has 5 N–H and O–H groups in total. The Morgan fingerprint density at radius 3 is 2.38 bits per heavy atom. The number of hydrogen-bond donors (Lipinski definition) is 5. The van der Waals surface area contributed by atoms with Crippen molar-refractivity contribution in [3.63, 3.8) is 0 Å². The zero-order valence-electron chi connectivity index (χ0n) is 13.8. The number of hydrogen-bond acceptors (Lipinski definition) is 6. The minimum absolute atomic E-state index is 0.00441. The Morgan fingerprint density at radius 1 is 1.25 bits per heavy atom. The maximum Gasteiger partial charge on any atom is 0.407 e. The molecule has 134 valence electrons. The van der Waals surface area contributed by atoms with Crippen molar-refractivity contribution in [2.45, 2.75) is 45.0 Å². The van der Waals surface area contributed by atoms with E-state index in [9.17, 15) is 24.9 Å². The molecule has 0 spiro atoms. The molecule has 0 aliphatic carbocycles. The second-order valence-corrected chi connectivity index (χ2v) is 6.31. The van der Waals surface area contributed by atoms with E-state index in [2.05, 4.69) is 5.32 Å². The highest BCUT2D eigenvalue weighted by Crippen LogP contribution is 2.28. The Balaban J connectivity index is 2.57. The van der Waals surface area contributed by atoms with Crippen molar-refractivity contribution in [2.24, 2.45) is 0 Å². The Kier molecular flexibility index (Phi) is 6.56. The molecule has 0 radical (unpaired) electrons. The summed E-state index contributed by atoms with van der Waals surface area (Å²) in [7, 11) is 0. The third-order valence-corrected chi connectivity index (χ3v) is 3.07. The van der Waals surface area contributed by atoms with Gasteiger partial charge in [0.2, 0.25) is 0 Å². The first-order chi connectivity index (χ1) is 11.0. The fraction of sp³-hybridized carbons (Fsp3) is 0.500. The van der Waals surface area contributed by atoms with E-state index < -0.39 is 35.6 Å². The lowest BCUT2D eigenvalue weighted by molar-refractivity contribution is 0.0110. The molecule has 2 atom stereocenters. The molecule has 0 aliphatic heterocycles. The molecule has 8 nitrogen and oxygen atoms in total. The molecule has 0 heterocycles. The average Bonchev–Trinajstić information content (AvgIpc) is 2.44. The first-order valence-corrected chi connectivity index (χ1v) is 7.40. The molecule has 0 saturated heterocycles. The molecule has 1 amide bonds. The van der Waals surface area contributed by atoms with Crippen molar-refractivity contribution in [1.82, 2.24) is 5.32 Å². The first kappa shape index (κ1) is 19.7. The van der Waals surface area contributed by atoms with Crippen molar-refractivity contribution in [1.29, 1.82) is 0 Å². The number of alkyl carbamates (subject to hydrolysis) is 1. The van der Waals surface area contributed by atoms with Crippen LogP contribution in [0.15, 0.2) is 18.2 Å². The number of carboxylic acids is 1. The summed E-state index contributed by atoms with van der Waals surface area (Å²) < 4.78 is 5.03. The number of carbonyl (C=O) groups excluding carboxylic acids is 1. The zero-order valence-corrected chi connectivity index (χ0v) is 13.8. The van der Waals surface area contributed by atoms with E-state index in [4.69, 9.17) is 9.84 Å². The lowest BCUT2D eigenvalue weighted by atomic mass is 9.99. The van der Waals surface area contributed by atoms with E-state index in [0.29, 0.717) is 0 Å². The van der Waals surface area contributed by atoms with Gasteiger partial charge in [-0.05, 0) is 39.3 Å². The number of carboxylic acid groups (broad SMARTS) is 1. The van der Waals surface area contributed by atoms with Gasteiger partial charge in [0.15, 0.2) is 0 Å². The normalized spacial score (nSPS) is 13.9. The van der Waals surface area contributed by atoms with Crippen molar-refractivity contribution in [3.05, 3.63) is 29.3 Å². The molecule has 0 fully saturated rings. The number of carbonyl (C=O) groups is 2. The second-order valence-electron chi connectivity index (χ2n) is 6.31. The van der Waals surface area contributed by atoms with Crippen LogP contribution < -0.4 is 5.32 Å². The summed E-state index contributed by atoms with van der Waals surface area (Å²) in [5.41, 5.74) is -0.769. The van der Waals surface area contributed by atoms with Gasteiger partial charge >= 0.3 is 12.1 Å². The van der Waals surface area contributed by atoms with Crippen molar-refractivity contribution in [3.8, 4) is 5.75 Å². The van der Waals surface area contributed by atoms with Crippen molar-refractivity contribution in [2.75, 3.05) is 6.54 Å². The van der Waals surface area contributed by atoms with Gasteiger partial charge in [-0.15, -0.1) is 0 Å². The van der Waals surface area contributed by atoms with Crippen molar-refractivity contribution < 1.29 is 34.8 Å². The summed E-state index contributed by atoms with van der Waals surface area (Å²) in [5.74, 6) is -1.64. The molecular formula is C16H23NO7. The number of nitrogens with one attached hydrogen (secondary N) is 1. The molecule has 1 aromatic carbocycles. The number of amides is 1. The van der Waals surface area contributed by atoms with Crippen LogP contribution in [0.4, 0.5) is 4.79 Å². The molecule has 8 heteroatoms. The SMILES string of the molecule is CC(C)(C)OC(=O)NCCC(O)C(O)c1ccc(C(=O)O)cc1O. The van der Waals surface area contributed by atoms with Gasteiger partial charge in [0, 0.05) is 12.1 Å². The van der Waals surface area contributed by atoms with E-state index in [1.165, 1.54) is 12.1 Å². The molecule has 24 heavy (non-hydrogen) atoms. The highest BCUT2D eigenvalue weighted by Gasteiger charge is 2.23.